The SMILES string of the molecule is CCc1nccn1CC(=O)N1CCN(C(C#N)c2cccs2)CC1. The van der Waals surface area contributed by atoms with Crippen molar-refractivity contribution in [3.05, 3.63) is 40.6 Å². The molecule has 2 aromatic heterocycles. The molecule has 0 N–H and O–H groups in total. The van der Waals surface area contributed by atoms with Gasteiger partial charge in [-0.2, -0.15) is 5.26 Å². The van der Waals surface area contributed by atoms with E-state index in [1.807, 2.05) is 40.1 Å². The van der Waals surface area contributed by atoms with Crippen LogP contribution in [0.4, 0.5) is 0 Å². The van der Waals surface area contributed by atoms with Gasteiger partial charge in [-0.3, -0.25) is 9.69 Å². The van der Waals surface area contributed by atoms with Crippen molar-refractivity contribution in [3.8, 4) is 6.07 Å². The van der Waals surface area contributed by atoms with E-state index in [0.717, 1.165) is 30.2 Å². The van der Waals surface area contributed by atoms with Gasteiger partial charge in [0.1, 0.15) is 18.4 Å². The zero-order chi connectivity index (χ0) is 16.9. The molecule has 1 atom stereocenters. The molecule has 1 aliphatic heterocycles. The van der Waals surface area contributed by atoms with Gasteiger partial charge >= 0.3 is 0 Å². The van der Waals surface area contributed by atoms with Gasteiger partial charge in [-0.15, -0.1) is 11.3 Å². The highest BCUT2D eigenvalue weighted by molar-refractivity contribution is 7.10. The average molecular weight is 343 g/mol. The first-order valence-corrected chi connectivity index (χ1v) is 9.05. The Morgan fingerprint density at radius 3 is 2.83 bits per heavy atom. The first kappa shape index (κ1) is 16.7. The standard InChI is InChI=1S/C17H21N5OS/c1-2-16-19-5-6-22(16)13-17(23)21-9-7-20(8-10-21)14(12-18)15-4-3-11-24-15/h3-6,11,14H,2,7-10,13H2,1H3. The summed E-state index contributed by atoms with van der Waals surface area (Å²) in [6, 6.07) is 6.16. The largest absolute Gasteiger partial charge is 0.339 e. The molecule has 2 aromatic rings. The minimum absolute atomic E-state index is 0.118. The fraction of sp³-hybridized carbons (Fsp3) is 0.471. The second-order valence-electron chi connectivity index (χ2n) is 5.79. The number of carbonyl (C=O) groups excluding carboxylic acids is 1. The summed E-state index contributed by atoms with van der Waals surface area (Å²) < 4.78 is 1.92. The number of carbonyl (C=O) groups is 1. The monoisotopic (exact) mass is 343 g/mol. The zero-order valence-corrected chi connectivity index (χ0v) is 14.6. The molecule has 1 aliphatic rings. The second-order valence-corrected chi connectivity index (χ2v) is 6.77. The lowest BCUT2D eigenvalue weighted by atomic mass is 10.2. The molecule has 0 spiro atoms. The Kier molecular flexibility index (Phi) is 5.28. The van der Waals surface area contributed by atoms with Crippen molar-refractivity contribution in [2.75, 3.05) is 26.2 Å². The lowest BCUT2D eigenvalue weighted by Crippen LogP contribution is -2.50. The lowest BCUT2D eigenvalue weighted by Gasteiger charge is -2.36. The average Bonchev–Trinajstić information content (AvgIpc) is 3.28. The number of aromatic nitrogens is 2. The molecule has 1 unspecified atom stereocenters. The van der Waals surface area contributed by atoms with Crippen molar-refractivity contribution in [1.82, 2.24) is 19.4 Å². The molecule has 0 saturated carbocycles. The third-order valence-corrected chi connectivity index (χ3v) is 5.32. The molecule has 3 heterocycles. The van der Waals surface area contributed by atoms with Crippen LogP contribution in [-0.4, -0.2) is 51.4 Å². The van der Waals surface area contributed by atoms with Gasteiger partial charge in [0.15, 0.2) is 0 Å². The highest BCUT2D eigenvalue weighted by Crippen LogP contribution is 2.25. The minimum Gasteiger partial charge on any atom is -0.339 e. The minimum atomic E-state index is -0.206. The predicted octanol–water partition coefficient (Wildman–Crippen LogP) is 1.92. The van der Waals surface area contributed by atoms with Crippen LogP contribution in [0.5, 0.6) is 0 Å². The maximum Gasteiger partial charge on any atom is 0.242 e. The van der Waals surface area contributed by atoms with Crippen LogP contribution in [0.3, 0.4) is 0 Å². The Balaban J connectivity index is 1.57. The van der Waals surface area contributed by atoms with Crippen molar-refractivity contribution in [2.45, 2.75) is 25.9 Å². The van der Waals surface area contributed by atoms with Crippen molar-refractivity contribution >= 4 is 17.2 Å². The van der Waals surface area contributed by atoms with Crippen molar-refractivity contribution < 1.29 is 4.79 Å². The van der Waals surface area contributed by atoms with E-state index in [-0.39, 0.29) is 11.9 Å². The molecule has 1 amide bonds. The fourth-order valence-corrected chi connectivity index (χ4v) is 3.85. The van der Waals surface area contributed by atoms with Gasteiger partial charge in [-0.1, -0.05) is 13.0 Å². The summed E-state index contributed by atoms with van der Waals surface area (Å²) in [6.45, 7) is 5.17. The Hall–Kier alpha value is -2.17. The predicted molar refractivity (Wildman–Crippen MR) is 92.4 cm³/mol. The second kappa shape index (κ2) is 7.60. The molecule has 0 radical (unpaired) electrons. The number of aryl methyl sites for hydroxylation is 1. The van der Waals surface area contributed by atoms with Gasteiger partial charge in [0.05, 0.1) is 6.07 Å². The summed E-state index contributed by atoms with van der Waals surface area (Å²) in [7, 11) is 0. The molecule has 24 heavy (non-hydrogen) atoms. The lowest BCUT2D eigenvalue weighted by molar-refractivity contribution is -0.133. The Labute approximate surface area is 145 Å². The molecule has 6 nitrogen and oxygen atoms in total. The highest BCUT2D eigenvalue weighted by atomic mass is 32.1. The van der Waals surface area contributed by atoms with Crippen LogP contribution in [0.15, 0.2) is 29.9 Å². The quantitative estimate of drug-likeness (QED) is 0.832. The summed E-state index contributed by atoms with van der Waals surface area (Å²) in [5, 5.41) is 11.5. The number of nitriles is 1. The first-order valence-electron chi connectivity index (χ1n) is 8.17. The molecular formula is C17H21N5OS. The van der Waals surface area contributed by atoms with Crippen LogP contribution in [0.2, 0.25) is 0 Å². The van der Waals surface area contributed by atoms with Crippen LogP contribution in [0.1, 0.15) is 23.7 Å². The molecule has 1 fully saturated rings. The maximum absolute atomic E-state index is 12.5. The number of amides is 1. The Morgan fingerprint density at radius 2 is 2.21 bits per heavy atom. The van der Waals surface area contributed by atoms with Gasteiger partial charge in [-0.05, 0) is 11.4 Å². The molecule has 0 aromatic carbocycles. The van der Waals surface area contributed by atoms with Crippen molar-refractivity contribution in [3.63, 3.8) is 0 Å². The third kappa shape index (κ3) is 3.50. The van der Waals surface area contributed by atoms with Crippen LogP contribution >= 0.6 is 11.3 Å². The van der Waals surface area contributed by atoms with Gasteiger partial charge in [0.25, 0.3) is 0 Å². The summed E-state index contributed by atoms with van der Waals surface area (Å²) in [6.07, 6.45) is 4.41. The number of rotatable bonds is 5. The fourth-order valence-electron chi connectivity index (χ4n) is 3.05. The number of imidazole rings is 1. The Bertz CT molecular complexity index is 710. The topological polar surface area (TPSA) is 65.2 Å². The van der Waals surface area contributed by atoms with Crippen LogP contribution in [-0.2, 0) is 17.8 Å². The first-order chi connectivity index (χ1) is 11.7. The number of piperazine rings is 1. The highest BCUT2D eigenvalue weighted by Gasteiger charge is 2.27. The Morgan fingerprint density at radius 1 is 1.42 bits per heavy atom. The molecule has 3 rings (SSSR count). The van der Waals surface area contributed by atoms with Gasteiger partial charge in [0, 0.05) is 49.9 Å². The number of hydrogen-bond donors (Lipinski definition) is 0. The van der Waals surface area contributed by atoms with Crippen LogP contribution in [0, 0.1) is 11.3 Å². The van der Waals surface area contributed by atoms with E-state index in [1.165, 1.54) is 0 Å². The maximum atomic E-state index is 12.5. The normalized spacial score (nSPS) is 16.8. The number of nitrogens with zero attached hydrogens (tertiary/aromatic N) is 5. The van der Waals surface area contributed by atoms with E-state index in [2.05, 4.69) is 16.0 Å². The van der Waals surface area contributed by atoms with Gasteiger partial charge in [0.2, 0.25) is 5.91 Å². The molecule has 1 saturated heterocycles. The number of hydrogen-bond acceptors (Lipinski definition) is 5. The van der Waals surface area contributed by atoms with Crippen molar-refractivity contribution in [2.24, 2.45) is 0 Å². The smallest absolute Gasteiger partial charge is 0.242 e. The summed E-state index contributed by atoms with van der Waals surface area (Å²) in [5.74, 6) is 1.05. The molecule has 126 valence electrons. The zero-order valence-electron chi connectivity index (χ0n) is 13.8. The molecule has 7 heteroatoms. The third-order valence-electron chi connectivity index (χ3n) is 4.39. The molecular weight excluding hydrogens is 322 g/mol. The molecule has 0 bridgehead atoms. The van der Waals surface area contributed by atoms with Crippen LogP contribution in [0.25, 0.3) is 0 Å². The summed E-state index contributed by atoms with van der Waals surface area (Å²) in [5.41, 5.74) is 0. The van der Waals surface area contributed by atoms with E-state index in [0.29, 0.717) is 19.6 Å². The van der Waals surface area contributed by atoms with Gasteiger partial charge in [-0.25, -0.2) is 4.98 Å². The van der Waals surface area contributed by atoms with E-state index >= 15 is 0 Å². The van der Waals surface area contributed by atoms with E-state index in [9.17, 15) is 10.1 Å². The summed E-state index contributed by atoms with van der Waals surface area (Å²) >= 11 is 1.61. The summed E-state index contributed by atoms with van der Waals surface area (Å²) in [4.78, 5) is 21.9. The molecule has 0 aliphatic carbocycles. The van der Waals surface area contributed by atoms with Crippen LogP contribution < -0.4 is 0 Å². The number of thiophene rings is 1. The van der Waals surface area contributed by atoms with Gasteiger partial charge < -0.3 is 9.47 Å². The van der Waals surface area contributed by atoms with E-state index in [4.69, 9.17) is 0 Å². The van der Waals surface area contributed by atoms with E-state index < -0.39 is 0 Å². The van der Waals surface area contributed by atoms with E-state index in [1.54, 1.807) is 17.5 Å². The van der Waals surface area contributed by atoms with Crippen molar-refractivity contribution in [1.29, 1.82) is 5.26 Å².